The number of carbonyl (C=O) groups is 2. The van der Waals surface area contributed by atoms with Gasteiger partial charge >= 0.3 is 0 Å². The molecule has 1 N–H and O–H groups in total. The van der Waals surface area contributed by atoms with Crippen LogP contribution in [0, 0.1) is 6.92 Å². The fourth-order valence-corrected chi connectivity index (χ4v) is 4.55. The molecule has 160 valence electrons. The highest BCUT2D eigenvalue weighted by Crippen LogP contribution is 2.25. The highest BCUT2D eigenvalue weighted by atomic mass is 32.2. The van der Waals surface area contributed by atoms with Crippen molar-refractivity contribution in [2.24, 2.45) is 0 Å². The van der Waals surface area contributed by atoms with Gasteiger partial charge < -0.3 is 10.2 Å². The molecule has 5 nitrogen and oxygen atoms in total. The second-order valence-corrected chi connectivity index (χ2v) is 9.15. The number of para-hydroxylation sites is 1. The highest BCUT2D eigenvalue weighted by molar-refractivity contribution is 8.00. The molecule has 0 aromatic heterocycles. The van der Waals surface area contributed by atoms with E-state index in [9.17, 15) is 9.59 Å². The monoisotopic (exact) mass is 425 g/mol. The minimum atomic E-state index is -0.117. The van der Waals surface area contributed by atoms with Crippen LogP contribution in [0.1, 0.15) is 25.0 Å². The van der Waals surface area contributed by atoms with Crippen molar-refractivity contribution in [2.45, 2.75) is 37.3 Å². The minimum absolute atomic E-state index is 0.000953. The van der Waals surface area contributed by atoms with Crippen molar-refractivity contribution < 1.29 is 9.59 Å². The van der Waals surface area contributed by atoms with Crippen LogP contribution >= 0.6 is 11.8 Å². The van der Waals surface area contributed by atoms with E-state index in [-0.39, 0.29) is 17.1 Å². The third-order valence-electron chi connectivity index (χ3n) is 5.41. The second kappa shape index (κ2) is 10.6. The fraction of sp³-hybridized carbons (Fsp3) is 0.417. The topological polar surface area (TPSA) is 52.7 Å². The van der Waals surface area contributed by atoms with Crippen molar-refractivity contribution in [3.8, 4) is 0 Å². The van der Waals surface area contributed by atoms with Crippen LogP contribution in [0.15, 0.2) is 53.4 Å². The van der Waals surface area contributed by atoms with Crippen LogP contribution in [0.5, 0.6) is 0 Å². The number of anilines is 1. The lowest BCUT2D eigenvalue weighted by molar-refractivity contribution is -0.132. The first-order chi connectivity index (χ1) is 14.5. The molecule has 1 aliphatic rings. The van der Waals surface area contributed by atoms with E-state index in [2.05, 4.69) is 48.3 Å². The fourth-order valence-electron chi connectivity index (χ4n) is 3.60. The lowest BCUT2D eigenvalue weighted by Crippen LogP contribution is -2.52. The number of piperazine rings is 1. The summed E-state index contributed by atoms with van der Waals surface area (Å²) in [6, 6.07) is 16.2. The Hall–Kier alpha value is -2.31. The van der Waals surface area contributed by atoms with Crippen LogP contribution in [0.2, 0.25) is 0 Å². The molecule has 2 aromatic rings. The van der Waals surface area contributed by atoms with E-state index in [1.807, 2.05) is 36.1 Å². The number of nitrogens with zero attached hydrogens (tertiary/aromatic N) is 2. The molecule has 0 bridgehead atoms. The van der Waals surface area contributed by atoms with Gasteiger partial charge in [0, 0.05) is 36.8 Å². The van der Waals surface area contributed by atoms with E-state index in [0.717, 1.165) is 35.7 Å². The number of hydrogen-bond donors (Lipinski definition) is 1. The predicted molar refractivity (Wildman–Crippen MR) is 124 cm³/mol. The molecule has 1 saturated heterocycles. The van der Waals surface area contributed by atoms with Gasteiger partial charge in [0.2, 0.25) is 11.8 Å². The van der Waals surface area contributed by atoms with Gasteiger partial charge in [0.1, 0.15) is 0 Å². The molecule has 3 rings (SSSR count). The molecular weight excluding hydrogens is 394 g/mol. The summed E-state index contributed by atoms with van der Waals surface area (Å²) in [5, 5.41) is 2.91. The van der Waals surface area contributed by atoms with Gasteiger partial charge in [0.15, 0.2) is 0 Å². The molecule has 1 unspecified atom stereocenters. The summed E-state index contributed by atoms with van der Waals surface area (Å²) in [5.74, 6) is 0.167. The average Bonchev–Trinajstić information content (AvgIpc) is 2.75. The first-order valence-electron chi connectivity index (χ1n) is 10.6. The van der Waals surface area contributed by atoms with E-state index in [4.69, 9.17) is 0 Å². The summed E-state index contributed by atoms with van der Waals surface area (Å²) in [7, 11) is 0. The van der Waals surface area contributed by atoms with Crippen molar-refractivity contribution >= 4 is 29.3 Å². The number of hydrogen-bond acceptors (Lipinski definition) is 4. The van der Waals surface area contributed by atoms with Gasteiger partial charge in [-0.15, -0.1) is 11.8 Å². The van der Waals surface area contributed by atoms with Gasteiger partial charge in [-0.25, -0.2) is 0 Å². The third-order valence-corrected chi connectivity index (χ3v) is 6.50. The molecule has 2 aromatic carbocycles. The zero-order chi connectivity index (χ0) is 21.5. The maximum atomic E-state index is 12.8. The number of amides is 2. The summed E-state index contributed by atoms with van der Waals surface area (Å²) < 4.78 is 0. The standard InChI is InChI=1S/C24H31N3O2S/c1-4-20-7-5-6-8-22(20)25-23(28)17-26-13-15-27(16-14-26)24(29)19(3)30-21-11-9-18(2)10-12-21/h5-12,19H,4,13-17H2,1-3H3,(H,25,28). The zero-order valence-corrected chi connectivity index (χ0v) is 18.9. The summed E-state index contributed by atoms with van der Waals surface area (Å²) in [6.45, 7) is 9.23. The predicted octanol–water partition coefficient (Wildman–Crippen LogP) is 3.82. The molecular formula is C24H31N3O2S. The maximum Gasteiger partial charge on any atom is 0.238 e. The van der Waals surface area contributed by atoms with Gasteiger partial charge in [-0.05, 0) is 44.0 Å². The second-order valence-electron chi connectivity index (χ2n) is 7.73. The van der Waals surface area contributed by atoms with E-state index in [1.54, 1.807) is 11.8 Å². The van der Waals surface area contributed by atoms with Gasteiger partial charge in [-0.2, -0.15) is 0 Å². The van der Waals surface area contributed by atoms with Crippen LogP contribution in [-0.2, 0) is 16.0 Å². The molecule has 0 spiro atoms. The van der Waals surface area contributed by atoms with E-state index in [0.29, 0.717) is 19.6 Å². The minimum Gasteiger partial charge on any atom is -0.339 e. The van der Waals surface area contributed by atoms with Crippen molar-refractivity contribution in [1.82, 2.24) is 9.80 Å². The summed E-state index contributed by atoms with van der Waals surface area (Å²) >= 11 is 1.60. The van der Waals surface area contributed by atoms with E-state index >= 15 is 0 Å². The molecule has 2 amide bonds. The lowest BCUT2D eigenvalue weighted by atomic mass is 10.1. The number of benzene rings is 2. The molecule has 1 atom stereocenters. The van der Waals surface area contributed by atoms with Gasteiger partial charge in [-0.1, -0.05) is 42.8 Å². The number of aryl methyl sites for hydroxylation is 2. The van der Waals surface area contributed by atoms with E-state index < -0.39 is 0 Å². The quantitative estimate of drug-likeness (QED) is 0.685. The summed E-state index contributed by atoms with van der Waals surface area (Å²) in [5.41, 5.74) is 3.25. The van der Waals surface area contributed by atoms with Gasteiger partial charge in [-0.3, -0.25) is 14.5 Å². The molecule has 0 saturated carbocycles. The Bertz CT molecular complexity index is 861. The normalized spacial score (nSPS) is 15.6. The highest BCUT2D eigenvalue weighted by Gasteiger charge is 2.26. The Balaban J connectivity index is 1.45. The number of thioether (sulfide) groups is 1. The van der Waals surface area contributed by atoms with Gasteiger partial charge in [0.05, 0.1) is 11.8 Å². The molecule has 1 aliphatic heterocycles. The van der Waals surface area contributed by atoms with Crippen molar-refractivity contribution in [1.29, 1.82) is 0 Å². The van der Waals surface area contributed by atoms with Crippen LogP contribution in [-0.4, -0.2) is 59.6 Å². The smallest absolute Gasteiger partial charge is 0.238 e. The molecule has 0 aliphatic carbocycles. The Morgan fingerprint density at radius 1 is 1.03 bits per heavy atom. The summed E-state index contributed by atoms with van der Waals surface area (Å²) in [6.07, 6.45) is 0.885. The third kappa shape index (κ3) is 6.09. The van der Waals surface area contributed by atoms with E-state index in [1.165, 1.54) is 5.56 Å². The Morgan fingerprint density at radius 3 is 2.37 bits per heavy atom. The number of nitrogens with one attached hydrogen (secondary N) is 1. The van der Waals surface area contributed by atoms with Crippen LogP contribution in [0.25, 0.3) is 0 Å². The maximum absolute atomic E-state index is 12.8. The Kier molecular flexibility index (Phi) is 7.94. The molecule has 1 fully saturated rings. The van der Waals surface area contributed by atoms with Crippen molar-refractivity contribution in [2.75, 3.05) is 38.0 Å². The van der Waals surface area contributed by atoms with Crippen LogP contribution in [0.4, 0.5) is 5.69 Å². The first-order valence-corrected chi connectivity index (χ1v) is 11.5. The SMILES string of the molecule is CCc1ccccc1NC(=O)CN1CCN(C(=O)C(C)Sc2ccc(C)cc2)CC1. The zero-order valence-electron chi connectivity index (χ0n) is 18.1. The van der Waals surface area contributed by atoms with Crippen molar-refractivity contribution in [3.05, 3.63) is 59.7 Å². The molecule has 30 heavy (non-hydrogen) atoms. The number of rotatable bonds is 7. The van der Waals surface area contributed by atoms with Crippen molar-refractivity contribution in [3.63, 3.8) is 0 Å². The van der Waals surface area contributed by atoms with Crippen LogP contribution < -0.4 is 5.32 Å². The number of carbonyl (C=O) groups excluding carboxylic acids is 2. The largest absolute Gasteiger partial charge is 0.339 e. The van der Waals surface area contributed by atoms with Crippen LogP contribution in [0.3, 0.4) is 0 Å². The lowest BCUT2D eigenvalue weighted by Gasteiger charge is -2.35. The average molecular weight is 426 g/mol. The molecule has 6 heteroatoms. The Labute approximate surface area is 183 Å². The molecule has 1 heterocycles. The van der Waals surface area contributed by atoms with Gasteiger partial charge in [0.25, 0.3) is 0 Å². The first kappa shape index (κ1) is 22.4. The molecule has 0 radical (unpaired) electrons. The summed E-state index contributed by atoms with van der Waals surface area (Å²) in [4.78, 5) is 30.4. The Morgan fingerprint density at radius 2 is 1.70 bits per heavy atom.